The zero-order valence-corrected chi connectivity index (χ0v) is 8.41. The Morgan fingerprint density at radius 3 is 2.86 bits per heavy atom. The third-order valence-corrected chi connectivity index (χ3v) is 1.68. The van der Waals surface area contributed by atoms with Crippen LogP contribution in [0.4, 0.5) is 0 Å². The summed E-state index contributed by atoms with van der Waals surface area (Å²) in [5.41, 5.74) is 6.39. The molecule has 2 aromatic heterocycles. The molecule has 76 valence electrons. The van der Waals surface area contributed by atoms with Crippen molar-refractivity contribution in [2.45, 2.75) is 13.0 Å². The molecule has 0 aliphatic carbocycles. The zero-order chi connectivity index (χ0) is 9.26. The summed E-state index contributed by atoms with van der Waals surface area (Å²) in [6.07, 6.45) is 1.80. The van der Waals surface area contributed by atoms with Crippen LogP contribution in [-0.2, 0) is 0 Å². The lowest BCUT2D eigenvalue weighted by molar-refractivity contribution is 0.417. The molecule has 2 heterocycles. The molecule has 2 aromatic rings. The molecular weight excluding hydrogens is 204 g/mol. The minimum absolute atomic E-state index is 0. The first-order valence-electron chi connectivity index (χ1n) is 4.00. The van der Waals surface area contributed by atoms with Gasteiger partial charge in [0, 0.05) is 6.20 Å². The fourth-order valence-corrected chi connectivity index (χ4v) is 0.993. The van der Waals surface area contributed by atoms with Crippen molar-refractivity contribution < 1.29 is 4.52 Å². The first-order chi connectivity index (χ1) is 6.27. The summed E-state index contributed by atoms with van der Waals surface area (Å²) < 4.78 is 5.00. The van der Waals surface area contributed by atoms with Crippen molar-refractivity contribution in [3.8, 4) is 11.6 Å². The van der Waals surface area contributed by atoms with Crippen LogP contribution in [0.5, 0.6) is 0 Å². The quantitative estimate of drug-likeness (QED) is 0.794. The summed E-state index contributed by atoms with van der Waals surface area (Å²) in [5.74, 6) is 0.988. The van der Waals surface area contributed by atoms with E-state index in [-0.39, 0.29) is 18.4 Å². The van der Waals surface area contributed by atoms with Gasteiger partial charge in [-0.1, -0.05) is 5.16 Å². The number of nitrogens with one attached hydrogen (secondary N) is 1. The Balaban J connectivity index is 0.000000980. The molecule has 0 fully saturated rings. The minimum atomic E-state index is -0.201. The van der Waals surface area contributed by atoms with Crippen molar-refractivity contribution >= 4 is 12.4 Å². The summed E-state index contributed by atoms with van der Waals surface area (Å²) in [6, 6.07) is 3.52. The van der Waals surface area contributed by atoms with Crippen molar-refractivity contribution in [1.29, 1.82) is 0 Å². The molecule has 0 radical (unpaired) electrons. The monoisotopic (exact) mass is 214 g/mol. The molecule has 0 aliphatic heterocycles. The van der Waals surface area contributed by atoms with Gasteiger partial charge in [-0.15, -0.1) is 12.4 Å². The highest BCUT2D eigenvalue weighted by Crippen LogP contribution is 2.15. The van der Waals surface area contributed by atoms with Gasteiger partial charge in [0.1, 0.15) is 5.69 Å². The van der Waals surface area contributed by atoms with E-state index in [2.05, 4.69) is 15.1 Å². The normalized spacial score (nSPS) is 12.1. The molecule has 0 bridgehead atoms. The van der Waals surface area contributed by atoms with Gasteiger partial charge in [-0.3, -0.25) is 0 Å². The molecule has 0 amide bonds. The summed E-state index contributed by atoms with van der Waals surface area (Å²) >= 11 is 0. The molecule has 6 heteroatoms. The van der Waals surface area contributed by atoms with Crippen LogP contribution in [-0.4, -0.2) is 15.1 Å². The number of aromatic amines is 1. The Morgan fingerprint density at radius 1 is 1.57 bits per heavy atom. The third kappa shape index (κ3) is 1.94. The van der Waals surface area contributed by atoms with E-state index in [9.17, 15) is 0 Å². The molecule has 2 rings (SSSR count). The van der Waals surface area contributed by atoms with Crippen molar-refractivity contribution in [3.05, 3.63) is 24.2 Å². The fourth-order valence-electron chi connectivity index (χ4n) is 0.993. The van der Waals surface area contributed by atoms with Crippen LogP contribution in [0.1, 0.15) is 18.8 Å². The van der Waals surface area contributed by atoms with Crippen LogP contribution in [0, 0.1) is 0 Å². The number of hydrogen-bond donors (Lipinski definition) is 2. The highest BCUT2D eigenvalue weighted by Gasteiger charge is 2.11. The second-order valence-electron chi connectivity index (χ2n) is 2.83. The van der Waals surface area contributed by atoms with Gasteiger partial charge in [-0.05, 0) is 19.1 Å². The first-order valence-corrected chi connectivity index (χ1v) is 4.00. The molecule has 14 heavy (non-hydrogen) atoms. The van der Waals surface area contributed by atoms with E-state index in [1.54, 1.807) is 6.20 Å². The highest BCUT2D eigenvalue weighted by atomic mass is 35.5. The largest absolute Gasteiger partial charge is 0.357 e. The molecule has 0 saturated carbocycles. The summed E-state index contributed by atoms with van der Waals surface area (Å²) in [7, 11) is 0. The summed E-state index contributed by atoms with van der Waals surface area (Å²) in [6.45, 7) is 1.81. The number of aromatic nitrogens is 3. The van der Waals surface area contributed by atoms with Gasteiger partial charge in [-0.2, -0.15) is 4.98 Å². The van der Waals surface area contributed by atoms with Gasteiger partial charge in [0.05, 0.1) is 6.04 Å². The molecule has 0 spiro atoms. The number of halogens is 1. The fraction of sp³-hybridized carbons (Fsp3) is 0.250. The maximum absolute atomic E-state index is 5.59. The maximum atomic E-state index is 5.59. The molecule has 5 nitrogen and oxygen atoms in total. The average molecular weight is 215 g/mol. The predicted molar refractivity (Wildman–Crippen MR) is 53.9 cm³/mol. The van der Waals surface area contributed by atoms with Gasteiger partial charge >= 0.3 is 0 Å². The third-order valence-electron chi connectivity index (χ3n) is 1.68. The second kappa shape index (κ2) is 4.26. The van der Waals surface area contributed by atoms with Crippen molar-refractivity contribution in [1.82, 2.24) is 15.1 Å². The standard InChI is InChI=1S/C8H10N4O.ClH/c1-5(9)7-11-8(13-12-7)6-3-2-4-10-6;/h2-5,10H,9H2,1H3;1H. The van der Waals surface area contributed by atoms with Gasteiger partial charge in [0.25, 0.3) is 5.89 Å². The van der Waals surface area contributed by atoms with Gasteiger partial charge in [0.2, 0.25) is 0 Å². The molecular formula is C8H11ClN4O. The van der Waals surface area contributed by atoms with Gasteiger partial charge < -0.3 is 15.2 Å². The number of H-pyrrole nitrogens is 1. The highest BCUT2D eigenvalue weighted by molar-refractivity contribution is 5.85. The van der Waals surface area contributed by atoms with Crippen molar-refractivity contribution in [2.24, 2.45) is 5.73 Å². The van der Waals surface area contributed by atoms with E-state index in [0.29, 0.717) is 11.7 Å². The lowest BCUT2D eigenvalue weighted by atomic mass is 10.3. The average Bonchev–Trinajstić information content (AvgIpc) is 2.75. The van der Waals surface area contributed by atoms with Crippen molar-refractivity contribution in [2.75, 3.05) is 0 Å². The van der Waals surface area contributed by atoms with E-state index in [0.717, 1.165) is 5.69 Å². The van der Waals surface area contributed by atoms with E-state index in [4.69, 9.17) is 10.3 Å². The van der Waals surface area contributed by atoms with E-state index < -0.39 is 0 Å². The SMILES string of the molecule is CC(N)c1noc(-c2ccc[nH]2)n1.Cl. The summed E-state index contributed by atoms with van der Waals surface area (Å²) in [5, 5.41) is 3.74. The summed E-state index contributed by atoms with van der Waals surface area (Å²) in [4.78, 5) is 7.09. The Bertz CT molecular complexity index is 382. The molecule has 0 aliphatic rings. The molecule has 0 saturated heterocycles. The van der Waals surface area contributed by atoms with Crippen LogP contribution in [0.25, 0.3) is 11.6 Å². The molecule has 1 atom stereocenters. The van der Waals surface area contributed by atoms with Crippen LogP contribution < -0.4 is 5.73 Å². The Morgan fingerprint density at radius 2 is 2.36 bits per heavy atom. The second-order valence-corrected chi connectivity index (χ2v) is 2.83. The van der Waals surface area contributed by atoms with E-state index in [1.165, 1.54) is 0 Å². The minimum Gasteiger partial charge on any atom is -0.357 e. The van der Waals surface area contributed by atoms with Gasteiger partial charge in [-0.25, -0.2) is 0 Å². The predicted octanol–water partition coefficient (Wildman–Crippen LogP) is 1.51. The first kappa shape index (κ1) is 10.7. The topological polar surface area (TPSA) is 80.7 Å². The number of nitrogens with zero attached hydrogens (tertiary/aromatic N) is 2. The van der Waals surface area contributed by atoms with Crippen molar-refractivity contribution in [3.63, 3.8) is 0 Å². The van der Waals surface area contributed by atoms with E-state index >= 15 is 0 Å². The lowest BCUT2D eigenvalue weighted by Gasteiger charge is -1.92. The van der Waals surface area contributed by atoms with Crippen LogP contribution >= 0.6 is 12.4 Å². The number of rotatable bonds is 2. The Hall–Kier alpha value is -1.33. The van der Waals surface area contributed by atoms with Crippen LogP contribution in [0.15, 0.2) is 22.9 Å². The maximum Gasteiger partial charge on any atom is 0.274 e. The van der Waals surface area contributed by atoms with E-state index in [1.807, 2.05) is 19.1 Å². The van der Waals surface area contributed by atoms with Crippen LogP contribution in [0.3, 0.4) is 0 Å². The number of hydrogen-bond acceptors (Lipinski definition) is 4. The Kier molecular flexibility index (Phi) is 3.27. The zero-order valence-electron chi connectivity index (χ0n) is 7.60. The number of nitrogens with two attached hydrogens (primary N) is 1. The van der Waals surface area contributed by atoms with Crippen LogP contribution in [0.2, 0.25) is 0 Å². The molecule has 3 N–H and O–H groups in total. The molecule has 0 aromatic carbocycles. The lowest BCUT2D eigenvalue weighted by Crippen LogP contribution is -2.06. The smallest absolute Gasteiger partial charge is 0.274 e. The Labute approximate surface area is 87.1 Å². The van der Waals surface area contributed by atoms with Gasteiger partial charge in [0.15, 0.2) is 5.82 Å². The molecule has 1 unspecified atom stereocenters.